The lowest BCUT2D eigenvalue weighted by atomic mass is 9.31. The molecule has 0 aromatic heterocycles. The highest BCUT2D eigenvalue weighted by Gasteiger charge is 2.70. The molecule has 0 bridgehead atoms. The van der Waals surface area contributed by atoms with Crippen molar-refractivity contribution < 1.29 is 15.3 Å². The number of fused-ring (bicyclic) bond motifs is 7. The largest absolute Gasteiger partial charge is 0.393 e. The van der Waals surface area contributed by atoms with Crippen LogP contribution in [-0.4, -0.2) is 22.1 Å². The van der Waals surface area contributed by atoms with Crippen LogP contribution in [0.3, 0.4) is 0 Å². The van der Waals surface area contributed by atoms with Gasteiger partial charge in [0.15, 0.2) is 0 Å². The molecule has 3 heteroatoms. The van der Waals surface area contributed by atoms with E-state index in [1.165, 1.54) is 44.9 Å². The van der Waals surface area contributed by atoms with Gasteiger partial charge in [-0.05, 0) is 115 Å². The first-order valence-corrected chi connectivity index (χ1v) is 13.9. The average Bonchev–Trinajstić information content (AvgIpc) is 2.75. The van der Waals surface area contributed by atoms with Crippen molar-refractivity contribution in [3.63, 3.8) is 0 Å². The zero-order valence-corrected chi connectivity index (χ0v) is 22.6. The van der Waals surface area contributed by atoms with Crippen LogP contribution in [0.1, 0.15) is 107 Å². The second-order valence-corrected chi connectivity index (χ2v) is 15.0. The van der Waals surface area contributed by atoms with Crippen molar-refractivity contribution in [2.75, 3.05) is 0 Å². The molecule has 0 aromatic rings. The van der Waals surface area contributed by atoms with Crippen molar-refractivity contribution in [2.45, 2.75) is 118 Å². The Kier molecular flexibility index (Phi) is 5.23. The fourth-order valence-corrected chi connectivity index (χ4v) is 11.3. The molecular formula is C30H50O3. The van der Waals surface area contributed by atoms with E-state index in [1.807, 2.05) is 0 Å². The van der Waals surface area contributed by atoms with Gasteiger partial charge in [-0.25, -0.2) is 4.89 Å². The molecule has 0 saturated heterocycles. The highest BCUT2D eigenvalue weighted by Crippen LogP contribution is 2.76. The fourth-order valence-electron chi connectivity index (χ4n) is 11.3. The van der Waals surface area contributed by atoms with Crippen molar-refractivity contribution in [1.29, 1.82) is 0 Å². The third-order valence-electron chi connectivity index (χ3n) is 13.7. The van der Waals surface area contributed by atoms with Gasteiger partial charge in [-0.1, -0.05) is 60.6 Å². The normalized spacial score (nSPS) is 59.7. The molecule has 5 rings (SSSR count). The summed E-state index contributed by atoms with van der Waals surface area (Å²) in [6.45, 7) is 19.5. The lowest BCUT2D eigenvalue weighted by molar-refractivity contribution is -0.331. The number of hydrogen-bond acceptors (Lipinski definition) is 3. The quantitative estimate of drug-likeness (QED) is 0.243. The molecule has 0 unspecified atom stereocenters. The topological polar surface area (TPSA) is 49.7 Å². The average molecular weight is 459 g/mol. The van der Waals surface area contributed by atoms with Crippen LogP contribution in [0, 0.1) is 56.7 Å². The predicted molar refractivity (Wildman–Crippen MR) is 134 cm³/mol. The lowest BCUT2D eigenvalue weighted by Crippen LogP contribution is -2.67. The molecule has 4 saturated carbocycles. The second kappa shape index (κ2) is 7.10. The van der Waals surface area contributed by atoms with E-state index in [0.29, 0.717) is 34.0 Å². The van der Waals surface area contributed by atoms with Gasteiger partial charge in [-0.15, -0.1) is 0 Å². The molecule has 33 heavy (non-hydrogen) atoms. The summed E-state index contributed by atoms with van der Waals surface area (Å²) in [7, 11) is 0. The molecule has 0 aromatic carbocycles. The Balaban J connectivity index is 1.55. The number of aliphatic hydroxyl groups is 1. The molecule has 0 heterocycles. The van der Waals surface area contributed by atoms with Crippen LogP contribution < -0.4 is 0 Å². The zero-order valence-electron chi connectivity index (χ0n) is 22.6. The molecule has 3 nitrogen and oxygen atoms in total. The minimum absolute atomic E-state index is 0.0141. The highest BCUT2D eigenvalue weighted by molar-refractivity contribution is 5.24. The van der Waals surface area contributed by atoms with E-state index >= 15 is 0 Å². The molecular weight excluding hydrogens is 408 g/mol. The third-order valence-corrected chi connectivity index (χ3v) is 13.7. The van der Waals surface area contributed by atoms with Crippen molar-refractivity contribution in [2.24, 2.45) is 56.7 Å². The van der Waals surface area contributed by atoms with Crippen LogP contribution in [0.5, 0.6) is 0 Å². The van der Waals surface area contributed by atoms with Gasteiger partial charge in [0.1, 0.15) is 5.60 Å². The first-order valence-electron chi connectivity index (χ1n) is 13.9. The smallest absolute Gasteiger partial charge is 0.121 e. The summed E-state index contributed by atoms with van der Waals surface area (Å²) in [6, 6.07) is 0. The highest BCUT2D eigenvalue weighted by atomic mass is 17.1. The van der Waals surface area contributed by atoms with Crippen LogP contribution >= 0.6 is 0 Å². The van der Waals surface area contributed by atoms with Gasteiger partial charge >= 0.3 is 0 Å². The van der Waals surface area contributed by atoms with E-state index in [-0.39, 0.29) is 22.9 Å². The second-order valence-electron chi connectivity index (χ2n) is 15.0. The van der Waals surface area contributed by atoms with Gasteiger partial charge in [0, 0.05) is 0 Å². The molecule has 0 spiro atoms. The molecule has 4 fully saturated rings. The standard InChI is InChI=1S/C30H50O3/c1-19-24-20-9-10-22-27(5)13-12-23(31)25(2,3)21(27)11-14-29(22,7)28(20,6)17-15-26(24,4)16-18-30(19,8)33-32/h16,18-24,31-32H,9-15,17H2,1-8H3/t19-,20+,21-,22+,23-,24-,26-,27-,28+,29+,30+/m0/s1. The molecule has 11 atom stereocenters. The zero-order chi connectivity index (χ0) is 24.2. The lowest BCUT2D eigenvalue weighted by Gasteiger charge is -2.73. The van der Waals surface area contributed by atoms with Gasteiger partial charge in [0.25, 0.3) is 0 Å². The van der Waals surface area contributed by atoms with E-state index < -0.39 is 5.60 Å². The maximum Gasteiger partial charge on any atom is 0.121 e. The Morgan fingerprint density at radius 3 is 2.12 bits per heavy atom. The number of allylic oxidation sites excluding steroid dienone is 1. The fraction of sp³-hybridized carbons (Fsp3) is 0.933. The maximum absolute atomic E-state index is 10.9. The van der Waals surface area contributed by atoms with E-state index in [4.69, 9.17) is 4.89 Å². The van der Waals surface area contributed by atoms with Gasteiger partial charge < -0.3 is 5.11 Å². The van der Waals surface area contributed by atoms with Crippen molar-refractivity contribution in [3.8, 4) is 0 Å². The van der Waals surface area contributed by atoms with Crippen LogP contribution in [0.15, 0.2) is 12.2 Å². The molecule has 5 aliphatic rings. The Morgan fingerprint density at radius 1 is 0.758 bits per heavy atom. The summed E-state index contributed by atoms with van der Waals surface area (Å²) < 4.78 is 0. The van der Waals surface area contributed by atoms with Crippen LogP contribution in [0.2, 0.25) is 0 Å². The summed E-state index contributed by atoms with van der Waals surface area (Å²) in [6.07, 6.45) is 14.2. The van der Waals surface area contributed by atoms with Crippen LogP contribution in [0.4, 0.5) is 0 Å². The number of aliphatic hydroxyl groups excluding tert-OH is 1. The Hall–Kier alpha value is -0.380. The maximum atomic E-state index is 10.9. The monoisotopic (exact) mass is 458 g/mol. The minimum Gasteiger partial charge on any atom is -0.393 e. The molecule has 188 valence electrons. The van der Waals surface area contributed by atoms with Crippen LogP contribution in [-0.2, 0) is 4.89 Å². The van der Waals surface area contributed by atoms with Crippen molar-refractivity contribution in [1.82, 2.24) is 0 Å². The van der Waals surface area contributed by atoms with E-state index in [9.17, 15) is 10.4 Å². The summed E-state index contributed by atoms with van der Waals surface area (Å²) in [4.78, 5) is 5.14. The summed E-state index contributed by atoms with van der Waals surface area (Å²) in [5.41, 5.74) is 0.587. The number of hydrogen-bond donors (Lipinski definition) is 2. The van der Waals surface area contributed by atoms with Gasteiger partial charge in [-0.3, -0.25) is 5.26 Å². The first kappa shape index (κ1) is 24.3. The predicted octanol–water partition coefficient (Wildman–Crippen LogP) is 7.49. The van der Waals surface area contributed by atoms with E-state index in [1.54, 1.807) is 0 Å². The minimum atomic E-state index is -0.590. The van der Waals surface area contributed by atoms with E-state index in [2.05, 4.69) is 67.5 Å². The summed E-state index contributed by atoms with van der Waals surface area (Å²) >= 11 is 0. The van der Waals surface area contributed by atoms with Crippen molar-refractivity contribution >= 4 is 0 Å². The third kappa shape index (κ3) is 2.85. The van der Waals surface area contributed by atoms with Gasteiger partial charge in [0.2, 0.25) is 0 Å². The van der Waals surface area contributed by atoms with Crippen molar-refractivity contribution in [3.05, 3.63) is 12.2 Å². The molecule has 0 radical (unpaired) electrons. The molecule has 2 N–H and O–H groups in total. The van der Waals surface area contributed by atoms with E-state index in [0.717, 1.165) is 12.3 Å². The Labute approximate surface area is 202 Å². The van der Waals surface area contributed by atoms with Crippen LogP contribution in [0.25, 0.3) is 0 Å². The summed E-state index contributed by atoms with van der Waals surface area (Å²) in [5, 5.41) is 20.8. The molecule has 0 aliphatic heterocycles. The first-order chi connectivity index (χ1) is 15.2. The summed E-state index contributed by atoms with van der Waals surface area (Å²) in [5.74, 6) is 2.83. The molecule has 5 aliphatic carbocycles. The van der Waals surface area contributed by atoms with Gasteiger partial charge in [-0.2, -0.15) is 0 Å². The Morgan fingerprint density at radius 2 is 1.45 bits per heavy atom. The Bertz CT molecular complexity index is 834. The SMILES string of the molecule is C[C@H]1[C@H]2[C@H]3CC[C@@H]4[C@@]5(C)CC[C@H](O)C(C)(C)[C@@H]5CC[C@@]4(C)[C@]3(C)CC[C@@]2(C)C=C[C@@]1(C)OO. The molecule has 0 amide bonds. The number of rotatable bonds is 1. The van der Waals surface area contributed by atoms with Gasteiger partial charge in [0.05, 0.1) is 6.10 Å².